The summed E-state index contributed by atoms with van der Waals surface area (Å²) in [5, 5.41) is 2.73. The molecule has 2 heterocycles. The third-order valence-electron chi connectivity index (χ3n) is 4.96. The second kappa shape index (κ2) is 9.03. The zero-order valence-corrected chi connectivity index (χ0v) is 18.0. The molecule has 0 radical (unpaired) electrons. The standard InChI is InChI=1S/C22H23ClN2O3S/c1-26-15-9-10-21(27-2)17(12-15)20-14-29-22(24-19-8-4-3-7-18(19)23)25(20)13-16-6-5-11-28-16/h3-4,7-10,12,14,16H,5-6,11,13H2,1-2H3. The van der Waals surface area contributed by atoms with Crippen LogP contribution in [0.2, 0.25) is 5.02 Å². The normalized spacial score (nSPS) is 16.9. The van der Waals surface area contributed by atoms with Crippen LogP contribution in [0.1, 0.15) is 12.8 Å². The zero-order valence-electron chi connectivity index (χ0n) is 16.4. The van der Waals surface area contributed by atoms with Gasteiger partial charge in [-0.15, -0.1) is 11.3 Å². The molecule has 1 aromatic heterocycles. The van der Waals surface area contributed by atoms with Crippen molar-refractivity contribution in [2.24, 2.45) is 4.99 Å². The van der Waals surface area contributed by atoms with Crippen molar-refractivity contribution < 1.29 is 14.2 Å². The van der Waals surface area contributed by atoms with E-state index in [-0.39, 0.29) is 6.10 Å². The number of thiazole rings is 1. The van der Waals surface area contributed by atoms with Crippen LogP contribution in [0.4, 0.5) is 5.69 Å². The maximum Gasteiger partial charge on any atom is 0.190 e. The van der Waals surface area contributed by atoms with Gasteiger partial charge >= 0.3 is 0 Å². The van der Waals surface area contributed by atoms with Gasteiger partial charge in [-0.05, 0) is 43.2 Å². The van der Waals surface area contributed by atoms with Crippen molar-refractivity contribution in [2.45, 2.75) is 25.5 Å². The van der Waals surface area contributed by atoms with Gasteiger partial charge in [-0.2, -0.15) is 0 Å². The second-order valence-corrected chi connectivity index (χ2v) is 8.02. The molecule has 4 rings (SSSR count). The van der Waals surface area contributed by atoms with Crippen LogP contribution in [0.3, 0.4) is 0 Å². The summed E-state index contributed by atoms with van der Waals surface area (Å²) in [4.78, 5) is 5.72. The highest BCUT2D eigenvalue weighted by Crippen LogP contribution is 2.34. The average Bonchev–Trinajstić information content (AvgIpc) is 3.40. The number of nitrogens with zero attached hydrogens (tertiary/aromatic N) is 2. The predicted molar refractivity (Wildman–Crippen MR) is 116 cm³/mol. The summed E-state index contributed by atoms with van der Waals surface area (Å²) in [5.41, 5.74) is 2.73. The third kappa shape index (κ3) is 4.34. The maximum absolute atomic E-state index is 6.35. The predicted octanol–water partition coefficient (Wildman–Crippen LogP) is 5.30. The number of halogens is 1. The van der Waals surface area contributed by atoms with E-state index in [0.29, 0.717) is 5.02 Å². The number of hydrogen-bond donors (Lipinski definition) is 0. The first-order valence-corrected chi connectivity index (χ1v) is 10.8. The van der Waals surface area contributed by atoms with E-state index in [9.17, 15) is 0 Å². The number of para-hydroxylation sites is 1. The molecule has 7 heteroatoms. The molecule has 1 saturated heterocycles. The van der Waals surface area contributed by atoms with Crippen LogP contribution in [0, 0.1) is 0 Å². The van der Waals surface area contributed by atoms with Gasteiger partial charge in [0.05, 0.1) is 43.3 Å². The lowest BCUT2D eigenvalue weighted by Gasteiger charge is -2.16. The molecular weight excluding hydrogens is 408 g/mol. The van der Waals surface area contributed by atoms with Crippen LogP contribution in [0.25, 0.3) is 11.3 Å². The lowest BCUT2D eigenvalue weighted by molar-refractivity contribution is 0.0968. The summed E-state index contributed by atoms with van der Waals surface area (Å²) < 4.78 is 19.2. The minimum absolute atomic E-state index is 0.171. The molecule has 0 amide bonds. The molecule has 1 unspecified atom stereocenters. The summed E-state index contributed by atoms with van der Waals surface area (Å²) in [6.45, 7) is 1.53. The first-order valence-electron chi connectivity index (χ1n) is 9.51. The van der Waals surface area contributed by atoms with Crippen LogP contribution in [-0.2, 0) is 11.3 Å². The molecule has 0 aliphatic carbocycles. The monoisotopic (exact) mass is 430 g/mol. The zero-order chi connectivity index (χ0) is 20.2. The summed E-state index contributed by atoms with van der Waals surface area (Å²) in [6, 6.07) is 13.4. The molecule has 2 aromatic carbocycles. The number of aromatic nitrogens is 1. The highest BCUT2D eigenvalue weighted by Gasteiger charge is 2.21. The smallest absolute Gasteiger partial charge is 0.190 e. The average molecular weight is 431 g/mol. The van der Waals surface area contributed by atoms with E-state index < -0.39 is 0 Å². The van der Waals surface area contributed by atoms with E-state index in [1.165, 1.54) is 0 Å². The van der Waals surface area contributed by atoms with Gasteiger partial charge in [0.15, 0.2) is 4.80 Å². The Hall–Kier alpha value is -2.28. The molecule has 1 aliphatic heterocycles. The number of hydrogen-bond acceptors (Lipinski definition) is 5. The van der Waals surface area contributed by atoms with E-state index in [4.69, 9.17) is 30.8 Å². The van der Waals surface area contributed by atoms with Crippen molar-refractivity contribution in [3.8, 4) is 22.8 Å². The molecule has 5 nitrogen and oxygen atoms in total. The molecule has 0 spiro atoms. The summed E-state index contributed by atoms with van der Waals surface area (Å²) in [6.07, 6.45) is 2.30. The minimum atomic E-state index is 0.171. The highest BCUT2D eigenvalue weighted by atomic mass is 35.5. The quantitative estimate of drug-likeness (QED) is 0.533. The maximum atomic E-state index is 6.35. The molecule has 0 N–H and O–H groups in total. The molecule has 1 aliphatic rings. The summed E-state index contributed by atoms with van der Waals surface area (Å²) in [7, 11) is 3.34. The van der Waals surface area contributed by atoms with Crippen LogP contribution >= 0.6 is 22.9 Å². The second-order valence-electron chi connectivity index (χ2n) is 6.78. The largest absolute Gasteiger partial charge is 0.497 e. The van der Waals surface area contributed by atoms with Gasteiger partial charge in [0.25, 0.3) is 0 Å². The molecule has 3 aromatic rings. The van der Waals surface area contributed by atoms with E-state index in [0.717, 1.165) is 59.2 Å². The molecule has 29 heavy (non-hydrogen) atoms. The Morgan fingerprint density at radius 1 is 1.21 bits per heavy atom. The molecule has 0 saturated carbocycles. The Morgan fingerprint density at radius 2 is 2.07 bits per heavy atom. The van der Waals surface area contributed by atoms with Gasteiger partial charge in [0.2, 0.25) is 0 Å². The van der Waals surface area contributed by atoms with Crippen LogP contribution in [-0.4, -0.2) is 31.5 Å². The topological polar surface area (TPSA) is 45.0 Å². The fraction of sp³-hybridized carbons (Fsp3) is 0.318. The number of benzene rings is 2. The van der Waals surface area contributed by atoms with Crippen molar-refractivity contribution in [2.75, 3.05) is 20.8 Å². The Labute approximate surface area is 179 Å². The van der Waals surface area contributed by atoms with E-state index in [1.54, 1.807) is 25.6 Å². The molecule has 1 atom stereocenters. The van der Waals surface area contributed by atoms with Crippen molar-refractivity contribution in [1.29, 1.82) is 0 Å². The van der Waals surface area contributed by atoms with Gasteiger partial charge in [-0.1, -0.05) is 23.7 Å². The Balaban J connectivity index is 1.87. The van der Waals surface area contributed by atoms with Crippen LogP contribution in [0.5, 0.6) is 11.5 Å². The van der Waals surface area contributed by atoms with Crippen molar-refractivity contribution in [3.63, 3.8) is 0 Å². The summed E-state index contributed by atoms with van der Waals surface area (Å²) in [5.74, 6) is 1.56. The van der Waals surface area contributed by atoms with Gasteiger partial charge in [-0.3, -0.25) is 0 Å². The minimum Gasteiger partial charge on any atom is -0.497 e. The van der Waals surface area contributed by atoms with Gasteiger partial charge in [0, 0.05) is 17.6 Å². The molecular formula is C22H23ClN2O3S. The van der Waals surface area contributed by atoms with E-state index in [1.807, 2.05) is 42.5 Å². The molecule has 0 bridgehead atoms. The SMILES string of the molecule is COc1ccc(OC)c(-c2csc(=Nc3ccccc3Cl)n2CC2CCCO2)c1. The Bertz CT molecular complexity index is 1050. The van der Waals surface area contributed by atoms with Crippen LogP contribution in [0.15, 0.2) is 52.8 Å². The van der Waals surface area contributed by atoms with Crippen molar-refractivity contribution in [3.05, 3.63) is 57.7 Å². The van der Waals surface area contributed by atoms with Gasteiger partial charge in [-0.25, -0.2) is 4.99 Å². The molecule has 152 valence electrons. The number of rotatable bonds is 6. The number of methoxy groups -OCH3 is 2. The fourth-order valence-electron chi connectivity index (χ4n) is 3.46. The first-order chi connectivity index (χ1) is 14.2. The van der Waals surface area contributed by atoms with Gasteiger partial charge in [0.1, 0.15) is 11.5 Å². The highest BCUT2D eigenvalue weighted by molar-refractivity contribution is 7.07. The van der Waals surface area contributed by atoms with Crippen molar-refractivity contribution in [1.82, 2.24) is 4.57 Å². The number of ether oxygens (including phenoxy) is 3. The fourth-order valence-corrected chi connectivity index (χ4v) is 4.56. The van der Waals surface area contributed by atoms with Gasteiger partial charge < -0.3 is 18.8 Å². The Kier molecular flexibility index (Phi) is 6.23. The lowest BCUT2D eigenvalue weighted by atomic mass is 10.1. The van der Waals surface area contributed by atoms with Crippen molar-refractivity contribution >= 4 is 28.6 Å². The first kappa shape index (κ1) is 20.0. The Morgan fingerprint density at radius 3 is 2.79 bits per heavy atom. The van der Waals surface area contributed by atoms with Crippen LogP contribution < -0.4 is 14.3 Å². The van der Waals surface area contributed by atoms with E-state index in [2.05, 4.69) is 9.95 Å². The molecule has 1 fully saturated rings. The third-order valence-corrected chi connectivity index (χ3v) is 6.14. The van der Waals surface area contributed by atoms with E-state index >= 15 is 0 Å². The summed E-state index contributed by atoms with van der Waals surface area (Å²) >= 11 is 7.92. The lowest BCUT2D eigenvalue weighted by Crippen LogP contribution is -2.24.